The second-order valence-electron chi connectivity index (χ2n) is 7.06. The van der Waals surface area contributed by atoms with Crippen LogP contribution >= 0.6 is 0 Å². The number of aromatic nitrogens is 2. The third-order valence-electron chi connectivity index (χ3n) is 5.45. The number of methoxy groups -OCH3 is 4. The molecule has 0 radical (unpaired) electrons. The van der Waals surface area contributed by atoms with E-state index in [0.29, 0.717) is 23.0 Å². The van der Waals surface area contributed by atoms with Gasteiger partial charge in [-0.25, -0.2) is 9.97 Å². The first-order valence-electron chi connectivity index (χ1n) is 10.5. The zero-order valence-corrected chi connectivity index (χ0v) is 19.2. The fourth-order valence-corrected chi connectivity index (χ4v) is 3.62. The molecule has 0 aliphatic heterocycles. The van der Waals surface area contributed by atoms with Crippen molar-refractivity contribution in [3.05, 3.63) is 36.2 Å². The summed E-state index contributed by atoms with van der Waals surface area (Å²) < 4.78 is 21.9. The molecule has 0 aliphatic rings. The topological polar surface area (TPSA) is 65.9 Å². The molecule has 0 unspecified atom stereocenters. The van der Waals surface area contributed by atoms with Gasteiger partial charge in [-0.1, -0.05) is 13.8 Å². The lowest BCUT2D eigenvalue weighted by Gasteiger charge is -2.18. The molecule has 1 heterocycles. The molecule has 0 atom stereocenters. The maximum absolute atomic E-state index is 5.52. The van der Waals surface area contributed by atoms with Gasteiger partial charge in [0.25, 0.3) is 0 Å². The molecule has 0 amide bonds. The van der Waals surface area contributed by atoms with Crippen LogP contribution in [0.5, 0.6) is 23.0 Å². The zero-order valence-electron chi connectivity index (χ0n) is 19.2. The Morgan fingerprint density at radius 3 is 1.97 bits per heavy atom. The van der Waals surface area contributed by atoms with E-state index in [9.17, 15) is 0 Å². The molecule has 3 aromatic rings. The molecule has 0 saturated heterocycles. The largest absolute Gasteiger partial charge is 0.493 e. The molecular formula is C24H31N3O4. The average molecular weight is 426 g/mol. The van der Waals surface area contributed by atoms with Crippen molar-refractivity contribution < 1.29 is 18.9 Å². The van der Waals surface area contributed by atoms with Gasteiger partial charge >= 0.3 is 0 Å². The minimum atomic E-state index is 0.635. The molecule has 1 aromatic heterocycles. The van der Waals surface area contributed by atoms with Crippen molar-refractivity contribution in [2.75, 3.05) is 48.1 Å². The third-order valence-corrected chi connectivity index (χ3v) is 5.45. The quantitative estimate of drug-likeness (QED) is 0.482. The number of ether oxygens (including phenoxy) is 4. The fourth-order valence-electron chi connectivity index (χ4n) is 3.62. The van der Waals surface area contributed by atoms with Crippen LogP contribution in [0.3, 0.4) is 0 Å². The lowest BCUT2D eigenvalue weighted by atomic mass is 10.0. The molecule has 0 spiro atoms. The molecule has 0 bridgehead atoms. The van der Waals surface area contributed by atoms with Crippen LogP contribution in [0.25, 0.3) is 22.2 Å². The summed E-state index contributed by atoms with van der Waals surface area (Å²) >= 11 is 0. The van der Waals surface area contributed by atoms with Gasteiger partial charge in [-0.2, -0.15) is 0 Å². The Hall–Kier alpha value is -3.06. The molecule has 0 saturated carbocycles. The minimum Gasteiger partial charge on any atom is -0.493 e. The number of fused-ring (bicyclic) bond motifs is 1. The van der Waals surface area contributed by atoms with Crippen molar-refractivity contribution >= 4 is 10.9 Å². The lowest BCUT2D eigenvalue weighted by Crippen LogP contribution is -2.25. The summed E-state index contributed by atoms with van der Waals surface area (Å²) in [6.45, 7) is 7.22. The fraction of sp³-hybridized carbons (Fsp3) is 0.417. The highest BCUT2D eigenvalue weighted by molar-refractivity contribution is 5.94. The lowest BCUT2D eigenvalue weighted by molar-refractivity contribution is 0.306. The second kappa shape index (κ2) is 10.3. The van der Waals surface area contributed by atoms with E-state index in [1.54, 1.807) is 28.4 Å². The highest BCUT2D eigenvalue weighted by Crippen LogP contribution is 2.38. The summed E-state index contributed by atoms with van der Waals surface area (Å²) in [5.41, 5.74) is 2.55. The van der Waals surface area contributed by atoms with Crippen LogP contribution < -0.4 is 18.9 Å². The van der Waals surface area contributed by atoms with Crippen LogP contribution in [0.2, 0.25) is 0 Å². The molecule has 7 heteroatoms. The Morgan fingerprint density at radius 1 is 0.742 bits per heavy atom. The second-order valence-corrected chi connectivity index (χ2v) is 7.06. The molecular weight excluding hydrogens is 394 g/mol. The Morgan fingerprint density at radius 2 is 1.35 bits per heavy atom. The number of hydrogen-bond acceptors (Lipinski definition) is 7. The standard InChI is InChI=1S/C24H31N3O4/c1-7-27(8-2)12-11-23-25-18-15-22(31-6)21(30-5)14-17(18)24(26-23)16-9-10-19(28-3)20(13-16)29-4/h9-10,13-15H,7-8,11-12H2,1-6H3. The van der Waals surface area contributed by atoms with E-state index in [2.05, 4.69) is 18.7 Å². The van der Waals surface area contributed by atoms with Gasteiger partial charge in [0.15, 0.2) is 23.0 Å². The Balaban J connectivity index is 2.18. The Labute approximate surface area is 183 Å². The highest BCUT2D eigenvalue weighted by Gasteiger charge is 2.16. The van der Waals surface area contributed by atoms with Crippen molar-refractivity contribution in [3.63, 3.8) is 0 Å². The predicted octanol–water partition coefficient (Wildman–Crippen LogP) is 4.22. The van der Waals surface area contributed by atoms with Crippen molar-refractivity contribution in [1.82, 2.24) is 14.9 Å². The number of rotatable bonds is 10. The molecule has 0 N–H and O–H groups in total. The van der Waals surface area contributed by atoms with Crippen molar-refractivity contribution in [1.29, 1.82) is 0 Å². The molecule has 0 aliphatic carbocycles. The van der Waals surface area contributed by atoms with E-state index < -0.39 is 0 Å². The van der Waals surface area contributed by atoms with Crippen LogP contribution in [0.15, 0.2) is 30.3 Å². The first kappa shape index (κ1) is 22.6. The molecule has 166 valence electrons. The van der Waals surface area contributed by atoms with Crippen molar-refractivity contribution in [2.24, 2.45) is 0 Å². The first-order valence-corrected chi connectivity index (χ1v) is 10.5. The summed E-state index contributed by atoms with van der Waals surface area (Å²) in [4.78, 5) is 12.1. The van der Waals surface area contributed by atoms with E-state index in [-0.39, 0.29) is 0 Å². The maximum atomic E-state index is 5.52. The van der Waals surface area contributed by atoms with Crippen molar-refractivity contribution in [3.8, 4) is 34.3 Å². The smallest absolute Gasteiger partial charge is 0.162 e. The molecule has 0 fully saturated rings. The normalized spacial score (nSPS) is 11.1. The van der Waals surface area contributed by atoms with Gasteiger partial charge in [-0.05, 0) is 37.4 Å². The van der Waals surface area contributed by atoms with E-state index in [4.69, 9.17) is 28.9 Å². The van der Waals surface area contributed by atoms with Gasteiger partial charge < -0.3 is 23.8 Å². The van der Waals surface area contributed by atoms with Gasteiger partial charge in [0.05, 0.1) is 39.6 Å². The van der Waals surface area contributed by atoms with Crippen LogP contribution in [0.4, 0.5) is 0 Å². The van der Waals surface area contributed by atoms with E-state index in [1.165, 1.54) is 0 Å². The van der Waals surface area contributed by atoms with Crippen LogP contribution in [-0.4, -0.2) is 62.9 Å². The highest BCUT2D eigenvalue weighted by atomic mass is 16.5. The number of hydrogen-bond donors (Lipinski definition) is 0. The van der Waals surface area contributed by atoms with Crippen molar-refractivity contribution in [2.45, 2.75) is 20.3 Å². The molecule has 3 rings (SSSR count). The summed E-state index contributed by atoms with van der Waals surface area (Å²) in [6, 6.07) is 9.63. The average Bonchev–Trinajstić information content (AvgIpc) is 2.82. The van der Waals surface area contributed by atoms with Gasteiger partial charge in [0.2, 0.25) is 0 Å². The SMILES string of the molecule is CCN(CC)CCc1nc(-c2ccc(OC)c(OC)c2)c2cc(OC)c(OC)cc2n1. The summed E-state index contributed by atoms with van der Waals surface area (Å²) in [5.74, 6) is 3.39. The summed E-state index contributed by atoms with van der Waals surface area (Å²) in [5, 5.41) is 0.886. The summed E-state index contributed by atoms with van der Waals surface area (Å²) in [6.07, 6.45) is 0.756. The van der Waals surface area contributed by atoms with Gasteiger partial charge in [0, 0.05) is 30.0 Å². The zero-order chi connectivity index (χ0) is 22.4. The van der Waals surface area contributed by atoms with Crippen LogP contribution in [-0.2, 0) is 6.42 Å². The Kier molecular flexibility index (Phi) is 7.52. The van der Waals surface area contributed by atoms with E-state index >= 15 is 0 Å². The molecule has 2 aromatic carbocycles. The summed E-state index contributed by atoms with van der Waals surface area (Å²) in [7, 11) is 6.50. The van der Waals surface area contributed by atoms with E-state index in [1.807, 2.05) is 30.3 Å². The predicted molar refractivity (Wildman–Crippen MR) is 123 cm³/mol. The Bertz CT molecular complexity index is 1030. The van der Waals surface area contributed by atoms with Gasteiger partial charge in [-0.15, -0.1) is 0 Å². The van der Waals surface area contributed by atoms with Crippen LogP contribution in [0, 0.1) is 0 Å². The number of benzene rings is 2. The van der Waals surface area contributed by atoms with E-state index in [0.717, 1.165) is 54.0 Å². The third kappa shape index (κ3) is 4.82. The van der Waals surface area contributed by atoms with Crippen LogP contribution in [0.1, 0.15) is 19.7 Å². The van der Waals surface area contributed by atoms with Gasteiger partial charge in [-0.3, -0.25) is 0 Å². The number of likely N-dealkylation sites (N-methyl/N-ethyl adjacent to an activating group) is 1. The number of nitrogens with zero attached hydrogens (tertiary/aromatic N) is 3. The molecule has 31 heavy (non-hydrogen) atoms. The maximum Gasteiger partial charge on any atom is 0.162 e. The first-order chi connectivity index (χ1) is 15.1. The molecule has 7 nitrogen and oxygen atoms in total. The van der Waals surface area contributed by atoms with Gasteiger partial charge in [0.1, 0.15) is 5.82 Å². The minimum absolute atomic E-state index is 0.635. The monoisotopic (exact) mass is 425 g/mol.